The molecule has 0 aliphatic carbocycles. The number of carbonyl (C=O) groups is 1. The number of aromatic amines is 1. The van der Waals surface area contributed by atoms with Gasteiger partial charge in [-0.3, -0.25) is 4.79 Å². The van der Waals surface area contributed by atoms with Crippen LogP contribution in [-0.2, 0) is 21.2 Å². The molecule has 0 spiro atoms. The first-order valence-corrected chi connectivity index (χ1v) is 10.2. The van der Waals surface area contributed by atoms with E-state index in [1.807, 2.05) is 6.92 Å². The number of nitrogens with one attached hydrogen (secondary N) is 2. The van der Waals surface area contributed by atoms with Crippen molar-refractivity contribution in [2.75, 3.05) is 19.6 Å². The lowest BCUT2D eigenvalue weighted by Gasteiger charge is -2.31. The molecule has 140 valence electrons. The minimum atomic E-state index is -3.56. The van der Waals surface area contributed by atoms with Crippen LogP contribution in [0.5, 0.6) is 0 Å². The molecule has 1 unspecified atom stereocenters. The third-order valence-electron chi connectivity index (χ3n) is 4.66. The van der Waals surface area contributed by atoms with Crippen molar-refractivity contribution < 1.29 is 13.2 Å². The van der Waals surface area contributed by atoms with Crippen molar-refractivity contribution in [2.24, 2.45) is 5.92 Å². The van der Waals surface area contributed by atoms with Gasteiger partial charge in [0.05, 0.1) is 17.1 Å². The smallest absolute Gasteiger partial charge is 0.243 e. The lowest BCUT2D eigenvalue weighted by molar-refractivity contribution is -0.126. The van der Waals surface area contributed by atoms with E-state index in [0.717, 1.165) is 11.3 Å². The van der Waals surface area contributed by atoms with E-state index in [2.05, 4.69) is 15.3 Å². The molecule has 0 saturated carbocycles. The summed E-state index contributed by atoms with van der Waals surface area (Å²) >= 11 is 0. The number of imidazole rings is 1. The molecule has 8 heteroatoms. The second-order valence-corrected chi connectivity index (χ2v) is 8.57. The Morgan fingerprint density at radius 2 is 2.12 bits per heavy atom. The molecule has 1 saturated heterocycles. The first-order valence-electron chi connectivity index (χ1n) is 8.78. The summed E-state index contributed by atoms with van der Waals surface area (Å²) < 4.78 is 27.1. The number of carbonyl (C=O) groups excluding carboxylic acids is 1. The van der Waals surface area contributed by atoms with Gasteiger partial charge >= 0.3 is 0 Å². The molecule has 1 aliphatic rings. The zero-order valence-electron chi connectivity index (χ0n) is 14.8. The summed E-state index contributed by atoms with van der Waals surface area (Å²) in [7, 11) is -3.56. The van der Waals surface area contributed by atoms with Crippen molar-refractivity contribution in [3.05, 3.63) is 48.0 Å². The fourth-order valence-electron chi connectivity index (χ4n) is 3.12. The van der Waals surface area contributed by atoms with Crippen LogP contribution in [0.3, 0.4) is 0 Å². The summed E-state index contributed by atoms with van der Waals surface area (Å²) in [6.07, 6.45) is 5.39. The Balaban J connectivity index is 1.59. The monoisotopic (exact) mass is 376 g/mol. The molecule has 26 heavy (non-hydrogen) atoms. The van der Waals surface area contributed by atoms with Crippen LogP contribution in [0.2, 0.25) is 0 Å². The van der Waals surface area contributed by atoms with Gasteiger partial charge in [-0.25, -0.2) is 13.4 Å². The van der Waals surface area contributed by atoms with E-state index < -0.39 is 10.0 Å². The molecule has 3 rings (SSSR count). The van der Waals surface area contributed by atoms with Crippen molar-refractivity contribution >= 4 is 15.9 Å². The van der Waals surface area contributed by atoms with Gasteiger partial charge in [0.25, 0.3) is 0 Å². The fourth-order valence-corrected chi connectivity index (χ4v) is 4.64. The largest absolute Gasteiger partial charge is 0.355 e. The predicted molar refractivity (Wildman–Crippen MR) is 98.0 cm³/mol. The summed E-state index contributed by atoms with van der Waals surface area (Å²) in [6.45, 7) is 3.10. The van der Waals surface area contributed by atoms with E-state index in [1.54, 1.807) is 36.8 Å². The summed E-state index contributed by atoms with van der Waals surface area (Å²) in [4.78, 5) is 19.6. The van der Waals surface area contributed by atoms with Gasteiger partial charge in [-0.1, -0.05) is 17.7 Å². The molecule has 7 nitrogen and oxygen atoms in total. The molecule has 2 aromatic rings. The highest BCUT2D eigenvalue weighted by Crippen LogP contribution is 2.24. The number of aromatic nitrogens is 2. The number of amides is 1. The molecule has 2 heterocycles. The third-order valence-corrected chi connectivity index (χ3v) is 6.54. The Morgan fingerprint density at radius 1 is 1.35 bits per heavy atom. The van der Waals surface area contributed by atoms with Gasteiger partial charge in [0.15, 0.2) is 0 Å². The quantitative estimate of drug-likeness (QED) is 0.798. The van der Waals surface area contributed by atoms with Gasteiger partial charge < -0.3 is 10.3 Å². The normalized spacial score (nSPS) is 18.6. The Bertz CT molecular complexity index is 832. The zero-order valence-corrected chi connectivity index (χ0v) is 15.6. The number of H-pyrrole nitrogens is 1. The molecule has 1 fully saturated rings. The number of hydrogen-bond acceptors (Lipinski definition) is 4. The van der Waals surface area contributed by atoms with Crippen LogP contribution in [0.15, 0.2) is 41.7 Å². The van der Waals surface area contributed by atoms with Gasteiger partial charge in [0.2, 0.25) is 15.9 Å². The molecular weight excluding hydrogens is 352 g/mol. The van der Waals surface area contributed by atoms with E-state index in [9.17, 15) is 13.2 Å². The van der Waals surface area contributed by atoms with E-state index in [1.165, 1.54) is 4.31 Å². The van der Waals surface area contributed by atoms with Crippen molar-refractivity contribution in [1.29, 1.82) is 0 Å². The number of nitrogens with zero attached hydrogens (tertiary/aromatic N) is 2. The minimum Gasteiger partial charge on any atom is -0.355 e. The van der Waals surface area contributed by atoms with Gasteiger partial charge in [-0.05, 0) is 31.9 Å². The first-order chi connectivity index (χ1) is 12.5. The molecule has 0 radical (unpaired) electrons. The average Bonchev–Trinajstić information content (AvgIpc) is 3.15. The van der Waals surface area contributed by atoms with Crippen LogP contribution in [-0.4, -0.2) is 48.2 Å². The van der Waals surface area contributed by atoms with Gasteiger partial charge in [0, 0.05) is 37.9 Å². The van der Waals surface area contributed by atoms with Crippen molar-refractivity contribution in [2.45, 2.75) is 31.1 Å². The van der Waals surface area contributed by atoms with E-state index in [-0.39, 0.29) is 23.3 Å². The highest BCUT2D eigenvalue weighted by atomic mass is 32.2. The maximum absolute atomic E-state index is 12.8. The maximum Gasteiger partial charge on any atom is 0.243 e. The number of aryl methyl sites for hydroxylation is 1. The summed E-state index contributed by atoms with van der Waals surface area (Å²) in [5, 5.41) is 2.90. The van der Waals surface area contributed by atoms with Gasteiger partial charge in [0.1, 0.15) is 0 Å². The fraction of sp³-hybridized carbons (Fsp3) is 0.444. The van der Waals surface area contributed by atoms with Crippen molar-refractivity contribution in [1.82, 2.24) is 19.6 Å². The Labute approximate surface area is 153 Å². The third kappa shape index (κ3) is 4.31. The highest BCUT2D eigenvalue weighted by molar-refractivity contribution is 7.89. The van der Waals surface area contributed by atoms with Gasteiger partial charge in [-0.15, -0.1) is 0 Å². The number of sulfonamides is 1. The minimum absolute atomic E-state index is 0.0895. The van der Waals surface area contributed by atoms with E-state index >= 15 is 0 Å². The van der Waals surface area contributed by atoms with Crippen molar-refractivity contribution in [3.63, 3.8) is 0 Å². The van der Waals surface area contributed by atoms with Crippen LogP contribution in [0, 0.1) is 12.8 Å². The molecule has 0 bridgehead atoms. The number of benzene rings is 1. The Morgan fingerprint density at radius 3 is 2.81 bits per heavy atom. The summed E-state index contributed by atoms with van der Waals surface area (Å²) in [5.41, 5.74) is 1.97. The number of piperidine rings is 1. The first kappa shape index (κ1) is 18.6. The number of hydrogen-bond donors (Lipinski definition) is 2. The van der Waals surface area contributed by atoms with Crippen LogP contribution in [0.25, 0.3) is 0 Å². The maximum atomic E-state index is 12.8. The molecule has 1 amide bonds. The molecule has 1 aromatic heterocycles. The molecule has 2 N–H and O–H groups in total. The average molecular weight is 376 g/mol. The van der Waals surface area contributed by atoms with E-state index in [0.29, 0.717) is 32.4 Å². The Hall–Kier alpha value is -2.19. The predicted octanol–water partition coefficient (Wildman–Crippen LogP) is 1.48. The second-order valence-electron chi connectivity index (χ2n) is 6.63. The topological polar surface area (TPSA) is 95.2 Å². The van der Waals surface area contributed by atoms with Crippen molar-refractivity contribution in [3.8, 4) is 0 Å². The van der Waals surface area contributed by atoms with Crippen LogP contribution in [0.4, 0.5) is 0 Å². The standard InChI is InChI=1S/C18H24N4O3S/c1-14-4-6-17(7-5-14)26(24,25)22-10-2-3-15(12-22)18(23)20-9-8-16-11-19-13-21-16/h4-7,11,13,15H,2-3,8-10,12H2,1H3,(H,19,21)(H,20,23). The molecule has 1 atom stereocenters. The highest BCUT2D eigenvalue weighted by Gasteiger charge is 2.33. The van der Waals surface area contributed by atoms with Crippen LogP contribution in [0.1, 0.15) is 24.1 Å². The lowest BCUT2D eigenvalue weighted by atomic mass is 9.99. The number of rotatable bonds is 6. The molecular formula is C18H24N4O3S. The Kier molecular flexibility index (Phi) is 5.73. The lowest BCUT2D eigenvalue weighted by Crippen LogP contribution is -2.45. The van der Waals surface area contributed by atoms with Crippen LogP contribution < -0.4 is 5.32 Å². The second kappa shape index (κ2) is 8.01. The van der Waals surface area contributed by atoms with Crippen LogP contribution >= 0.6 is 0 Å². The van der Waals surface area contributed by atoms with Gasteiger partial charge in [-0.2, -0.15) is 4.31 Å². The SMILES string of the molecule is Cc1ccc(S(=O)(=O)N2CCCC(C(=O)NCCc3cnc[nH]3)C2)cc1. The molecule has 1 aromatic carbocycles. The molecule has 1 aliphatic heterocycles. The summed E-state index contributed by atoms with van der Waals surface area (Å²) in [5.74, 6) is -0.404. The zero-order chi connectivity index (χ0) is 18.6. The van der Waals surface area contributed by atoms with E-state index in [4.69, 9.17) is 0 Å². The summed E-state index contributed by atoms with van der Waals surface area (Å²) in [6, 6.07) is 6.82.